The first-order valence-electron chi connectivity index (χ1n) is 5.88. The third-order valence-corrected chi connectivity index (χ3v) is 2.80. The Morgan fingerprint density at radius 3 is 2.61 bits per heavy atom. The maximum atomic E-state index is 13.1. The summed E-state index contributed by atoms with van der Waals surface area (Å²) in [6.45, 7) is 5.39. The molecule has 5 heteroatoms. The molecule has 2 amide bonds. The standard InChI is InChI=1S/C13H19FN2O2/c1-8-4-11(14)6-12(5-8)16-13(18)15-10(3)9(2)7-17/h4-6,9-10,17H,7H2,1-3H3,(H2,15,16,18). The van der Waals surface area contributed by atoms with Crippen LogP contribution < -0.4 is 10.6 Å². The lowest BCUT2D eigenvalue weighted by Gasteiger charge is -2.19. The van der Waals surface area contributed by atoms with Gasteiger partial charge in [-0.05, 0) is 43.5 Å². The van der Waals surface area contributed by atoms with E-state index in [2.05, 4.69) is 10.6 Å². The van der Waals surface area contributed by atoms with Crippen molar-refractivity contribution in [2.24, 2.45) is 5.92 Å². The topological polar surface area (TPSA) is 61.4 Å². The quantitative estimate of drug-likeness (QED) is 0.772. The van der Waals surface area contributed by atoms with Crippen LogP contribution in [-0.2, 0) is 0 Å². The van der Waals surface area contributed by atoms with Crippen molar-refractivity contribution in [2.75, 3.05) is 11.9 Å². The molecule has 0 fully saturated rings. The van der Waals surface area contributed by atoms with Crippen molar-refractivity contribution in [1.29, 1.82) is 0 Å². The van der Waals surface area contributed by atoms with E-state index < -0.39 is 6.03 Å². The number of anilines is 1. The first-order chi connectivity index (χ1) is 8.42. The van der Waals surface area contributed by atoms with Gasteiger partial charge >= 0.3 is 6.03 Å². The molecule has 3 N–H and O–H groups in total. The zero-order valence-corrected chi connectivity index (χ0v) is 10.8. The van der Waals surface area contributed by atoms with Gasteiger partial charge in [-0.15, -0.1) is 0 Å². The zero-order valence-electron chi connectivity index (χ0n) is 10.8. The molecule has 1 rings (SSSR count). The fraction of sp³-hybridized carbons (Fsp3) is 0.462. The molecule has 0 spiro atoms. The molecule has 0 heterocycles. The van der Waals surface area contributed by atoms with Crippen molar-refractivity contribution in [1.82, 2.24) is 5.32 Å². The molecule has 2 atom stereocenters. The molecular weight excluding hydrogens is 235 g/mol. The Balaban J connectivity index is 2.59. The van der Waals surface area contributed by atoms with Gasteiger partial charge in [-0.2, -0.15) is 0 Å². The number of rotatable bonds is 4. The summed E-state index contributed by atoms with van der Waals surface area (Å²) in [5.74, 6) is -0.424. The Morgan fingerprint density at radius 1 is 1.39 bits per heavy atom. The summed E-state index contributed by atoms with van der Waals surface area (Å²) in [5.41, 5.74) is 1.15. The lowest BCUT2D eigenvalue weighted by Crippen LogP contribution is -2.40. The Labute approximate surface area is 106 Å². The minimum Gasteiger partial charge on any atom is -0.396 e. The average molecular weight is 254 g/mol. The summed E-state index contributed by atoms with van der Waals surface area (Å²) in [6.07, 6.45) is 0. The maximum Gasteiger partial charge on any atom is 0.319 e. The van der Waals surface area contributed by atoms with Crippen molar-refractivity contribution >= 4 is 11.7 Å². The van der Waals surface area contributed by atoms with E-state index in [1.807, 2.05) is 6.92 Å². The van der Waals surface area contributed by atoms with Crippen LogP contribution in [0.4, 0.5) is 14.9 Å². The van der Waals surface area contributed by atoms with Crippen LogP contribution in [0.3, 0.4) is 0 Å². The minimum absolute atomic E-state index is 0.000516. The number of nitrogens with one attached hydrogen (secondary N) is 2. The van der Waals surface area contributed by atoms with Crippen LogP contribution >= 0.6 is 0 Å². The molecule has 4 nitrogen and oxygen atoms in total. The molecule has 18 heavy (non-hydrogen) atoms. The van der Waals surface area contributed by atoms with E-state index in [9.17, 15) is 9.18 Å². The zero-order chi connectivity index (χ0) is 13.7. The number of carbonyl (C=O) groups excluding carboxylic acids is 1. The first kappa shape index (κ1) is 14.4. The normalized spacial score (nSPS) is 13.8. The van der Waals surface area contributed by atoms with Gasteiger partial charge in [-0.3, -0.25) is 0 Å². The van der Waals surface area contributed by atoms with Gasteiger partial charge in [0, 0.05) is 18.3 Å². The third-order valence-electron chi connectivity index (χ3n) is 2.80. The van der Waals surface area contributed by atoms with Crippen LogP contribution in [0.2, 0.25) is 0 Å². The van der Waals surface area contributed by atoms with Gasteiger partial charge in [0.2, 0.25) is 0 Å². The second-order valence-corrected chi connectivity index (χ2v) is 4.56. The molecule has 0 aliphatic rings. The number of aliphatic hydroxyl groups is 1. The van der Waals surface area contributed by atoms with E-state index in [-0.39, 0.29) is 24.4 Å². The molecule has 0 aromatic heterocycles. The van der Waals surface area contributed by atoms with Gasteiger partial charge in [0.05, 0.1) is 0 Å². The number of aliphatic hydroxyl groups excluding tert-OH is 1. The van der Waals surface area contributed by atoms with E-state index in [1.54, 1.807) is 19.9 Å². The lowest BCUT2D eigenvalue weighted by molar-refractivity contribution is 0.204. The second-order valence-electron chi connectivity index (χ2n) is 4.56. The molecule has 0 radical (unpaired) electrons. The Hall–Kier alpha value is -1.62. The molecule has 2 unspecified atom stereocenters. The molecule has 0 bridgehead atoms. The van der Waals surface area contributed by atoms with Crippen LogP contribution in [0.5, 0.6) is 0 Å². The molecule has 0 saturated heterocycles. The molecule has 0 saturated carbocycles. The Bertz CT molecular complexity index is 403. The van der Waals surface area contributed by atoms with Gasteiger partial charge < -0.3 is 15.7 Å². The molecular formula is C13H19FN2O2. The summed E-state index contributed by atoms with van der Waals surface area (Å²) < 4.78 is 13.1. The fourth-order valence-corrected chi connectivity index (χ4v) is 1.48. The summed E-state index contributed by atoms with van der Waals surface area (Å²) in [4.78, 5) is 11.6. The fourth-order valence-electron chi connectivity index (χ4n) is 1.48. The monoisotopic (exact) mass is 254 g/mol. The highest BCUT2D eigenvalue weighted by Crippen LogP contribution is 2.13. The van der Waals surface area contributed by atoms with Crippen molar-refractivity contribution < 1.29 is 14.3 Å². The number of benzene rings is 1. The van der Waals surface area contributed by atoms with E-state index in [4.69, 9.17) is 5.11 Å². The predicted octanol–water partition coefficient (Wildman–Crippen LogP) is 2.27. The van der Waals surface area contributed by atoms with Crippen molar-refractivity contribution in [3.63, 3.8) is 0 Å². The third kappa shape index (κ3) is 4.33. The van der Waals surface area contributed by atoms with Crippen LogP contribution in [0.15, 0.2) is 18.2 Å². The Kier molecular flexibility index (Phi) is 5.09. The molecule has 1 aromatic carbocycles. The van der Waals surface area contributed by atoms with E-state index in [0.717, 1.165) is 5.56 Å². The number of amides is 2. The van der Waals surface area contributed by atoms with Gasteiger partial charge in [0.25, 0.3) is 0 Å². The first-order valence-corrected chi connectivity index (χ1v) is 5.88. The number of hydrogen-bond acceptors (Lipinski definition) is 2. The van der Waals surface area contributed by atoms with Gasteiger partial charge in [-0.1, -0.05) is 6.92 Å². The smallest absolute Gasteiger partial charge is 0.319 e. The highest BCUT2D eigenvalue weighted by molar-refractivity contribution is 5.89. The lowest BCUT2D eigenvalue weighted by atomic mass is 10.1. The van der Waals surface area contributed by atoms with Crippen LogP contribution in [0.1, 0.15) is 19.4 Å². The highest BCUT2D eigenvalue weighted by atomic mass is 19.1. The summed E-state index contributed by atoms with van der Waals surface area (Å²) >= 11 is 0. The highest BCUT2D eigenvalue weighted by Gasteiger charge is 2.13. The van der Waals surface area contributed by atoms with Crippen LogP contribution in [0.25, 0.3) is 0 Å². The van der Waals surface area contributed by atoms with Gasteiger partial charge in [-0.25, -0.2) is 9.18 Å². The number of urea groups is 1. The maximum absolute atomic E-state index is 13.1. The predicted molar refractivity (Wildman–Crippen MR) is 69.0 cm³/mol. The molecule has 0 aliphatic carbocycles. The van der Waals surface area contributed by atoms with Crippen molar-refractivity contribution in [3.05, 3.63) is 29.6 Å². The van der Waals surface area contributed by atoms with Crippen LogP contribution in [-0.4, -0.2) is 23.8 Å². The van der Waals surface area contributed by atoms with Crippen molar-refractivity contribution in [2.45, 2.75) is 26.8 Å². The molecule has 100 valence electrons. The summed E-state index contributed by atoms with van der Waals surface area (Å²) in [7, 11) is 0. The summed E-state index contributed by atoms with van der Waals surface area (Å²) in [6, 6.07) is 3.76. The molecule has 0 aliphatic heterocycles. The molecule has 1 aromatic rings. The summed E-state index contributed by atoms with van der Waals surface area (Å²) in [5, 5.41) is 14.2. The average Bonchev–Trinajstić information content (AvgIpc) is 2.25. The van der Waals surface area contributed by atoms with E-state index >= 15 is 0 Å². The number of aryl methyl sites for hydroxylation is 1. The van der Waals surface area contributed by atoms with E-state index in [1.165, 1.54) is 12.1 Å². The SMILES string of the molecule is Cc1cc(F)cc(NC(=O)NC(C)C(C)CO)c1. The van der Waals surface area contributed by atoms with Gasteiger partial charge in [0.15, 0.2) is 0 Å². The number of hydrogen-bond donors (Lipinski definition) is 3. The number of carbonyl (C=O) groups is 1. The van der Waals surface area contributed by atoms with Gasteiger partial charge in [0.1, 0.15) is 5.82 Å². The van der Waals surface area contributed by atoms with Crippen LogP contribution in [0, 0.1) is 18.7 Å². The number of halogens is 1. The second kappa shape index (κ2) is 6.35. The van der Waals surface area contributed by atoms with Crippen molar-refractivity contribution in [3.8, 4) is 0 Å². The van der Waals surface area contributed by atoms with E-state index in [0.29, 0.717) is 5.69 Å². The minimum atomic E-state index is -0.409. The largest absolute Gasteiger partial charge is 0.396 e. The Morgan fingerprint density at radius 2 is 2.06 bits per heavy atom.